The summed E-state index contributed by atoms with van der Waals surface area (Å²) in [5.41, 5.74) is 6.91. The number of halogens is 2. The summed E-state index contributed by atoms with van der Waals surface area (Å²) in [6.45, 7) is 0. The molecule has 1 atom stereocenters. The van der Waals surface area contributed by atoms with Crippen LogP contribution in [-0.2, 0) is 6.42 Å². The Labute approximate surface area is 120 Å². The molecule has 4 nitrogen and oxygen atoms in total. The highest BCUT2D eigenvalue weighted by Gasteiger charge is 2.18. The second kappa shape index (κ2) is 5.98. The van der Waals surface area contributed by atoms with E-state index in [1.165, 1.54) is 18.2 Å². The second-order valence-corrected chi connectivity index (χ2v) is 4.72. The van der Waals surface area contributed by atoms with Crippen molar-refractivity contribution in [2.24, 2.45) is 5.73 Å². The van der Waals surface area contributed by atoms with Crippen molar-refractivity contribution < 1.29 is 9.31 Å². The lowest BCUT2D eigenvalue weighted by atomic mass is 9.98. The van der Waals surface area contributed by atoms with Crippen LogP contribution in [0.1, 0.15) is 17.2 Å². The van der Waals surface area contributed by atoms with Crippen molar-refractivity contribution in [2.75, 3.05) is 0 Å². The van der Waals surface area contributed by atoms with E-state index in [1.807, 2.05) is 0 Å². The minimum Gasteiger partial charge on any atom is -0.324 e. The van der Waals surface area contributed by atoms with Crippen molar-refractivity contribution in [3.05, 3.63) is 74.5 Å². The number of rotatable bonds is 4. The number of hydrogen-bond acceptors (Lipinski definition) is 3. The normalized spacial score (nSPS) is 12.2. The number of para-hydroxylation sites is 1. The summed E-state index contributed by atoms with van der Waals surface area (Å²) in [4.78, 5) is 10.5. The second-order valence-electron chi connectivity index (χ2n) is 4.34. The molecule has 6 heteroatoms. The fourth-order valence-corrected chi connectivity index (χ4v) is 2.28. The van der Waals surface area contributed by atoms with Gasteiger partial charge in [-0.1, -0.05) is 41.9 Å². The number of nitro benzene ring substituents is 1. The average Bonchev–Trinajstić information content (AvgIpc) is 2.42. The predicted octanol–water partition coefficient (Wildman–Crippen LogP) is 3.63. The Bertz CT molecular complexity index is 649. The molecule has 0 fully saturated rings. The Morgan fingerprint density at radius 1 is 1.25 bits per heavy atom. The molecule has 0 spiro atoms. The molecule has 0 aliphatic carbocycles. The van der Waals surface area contributed by atoms with E-state index in [9.17, 15) is 14.5 Å². The third-order valence-corrected chi connectivity index (χ3v) is 3.41. The zero-order valence-electron chi connectivity index (χ0n) is 10.4. The van der Waals surface area contributed by atoms with Crippen LogP contribution in [0.2, 0.25) is 5.02 Å². The molecule has 0 saturated carbocycles. The minimum absolute atomic E-state index is 0.00419. The van der Waals surface area contributed by atoms with Crippen LogP contribution in [0.5, 0.6) is 0 Å². The fraction of sp³-hybridized carbons (Fsp3) is 0.143. The van der Waals surface area contributed by atoms with Crippen molar-refractivity contribution >= 4 is 17.3 Å². The summed E-state index contributed by atoms with van der Waals surface area (Å²) in [6.07, 6.45) is 0.209. The summed E-state index contributed by atoms with van der Waals surface area (Å²) < 4.78 is 13.4. The molecule has 2 aromatic rings. The van der Waals surface area contributed by atoms with Crippen molar-refractivity contribution in [2.45, 2.75) is 12.5 Å². The van der Waals surface area contributed by atoms with Gasteiger partial charge in [0, 0.05) is 17.7 Å². The van der Waals surface area contributed by atoms with E-state index >= 15 is 0 Å². The number of nitrogens with two attached hydrogens (primary N) is 1. The van der Waals surface area contributed by atoms with E-state index < -0.39 is 16.8 Å². The highest BCUT2D eigenvalue weighted by atomic mass is 35.5. The Morgan fingerprint density at radius 2 is 1.95 bits per heavy atom. The molecular formula is C14H12ClFN2O2. The Kier molecular flexibility index (Phi) is 4.32. The van der Waals surface area contributed by atoms with E-state index in [2.05, 4.69) is 0 Å². The molecule has 104 valence electrons. The highest BCUT2D eigenvalue weighted by molar-refractivity contribution is 6.31. The van der Waals surface area contributed by atoms with Gasteiger partial charge in [0.1, 0.15) is 5.82 Å². The van der Waals surface area contributed by atoms with Gasteiger partial charge in [0.15, 0.2) is 0 Å². The van der Waals surface area contributed by atoms with E-state index in [4.69, 9.17) is 17.3 Å². The zero-order valence-corrected chi connectivity index (χ0v) is 11.2. The minimum atomic E-state index is -0.612. The van der Waals surface area contributed by atoms with Gasteiger partial charge in [-0.25, -0.2) is 4.39 Å². The lowest BCUT2D eigenvalue weighted by Crippen LogP contribution is -2.15. The number of nitro groups is 1. The standard InChI is InChI=1S/C14H12ClFN2O2/c15-14-10(5-3-6-11(14)16)12(17)8-9-4-1-2-7-13(9)18(19)20/h1-7,12H,8,17H2. The SMILES string of the molecule is NC(Cc1ccccc1[N+](=O)[O-])c1cccc(F)c1Cl. The first-order valence-electron chi connectivity index (χ1n) is 5.92. The van der Waals surface area contributed by atoms with Crippen molar-refractivity contribution in [1.29, 1.82) is 0 Å². The van der Waals surface area contributed by atoms with Crippen molar-refractivity contribution in [1.82, 2.24) is 0 Å². The summed E-state index contributed by atoms with van der Waals surface area (Å²) in [5.74, 6) is -0.554. The van der Waals surface area contributed by atoms with Crippen LogP contribution in [0.25, 0.3) is 0 Å². The lowest BCUT2D eigenvalue weighted by Gasteiger charge is -2.14. The van der Waals surface area contributed by atoms with Gasteiger partial charge in [-0.2, -0.15) is 0 Å². The molecule has 0 aliphatic heterocycles. The maximum absolute atomic E-state index is 13.4. The Balaban J connectivity index is 2.30. The molecule has 0 radical (unpaired) electrons. The number of benzene rings is 2. The molecule has 2 aromatic carbocycles. The smallest absolute Gasteiger partial charge is 0.272 e. The molecule has 1 unspecified atom stereocenters. The van der Waals surface area contributed by atoms with Crippen LogP contribution in [0.3, 0.4) is 0 Å². The van der Waals surface area contributed by atoms with Gasteiger partial charge in [-0.3, -0.25) is 10.1 Å². The molecule has 20 heavy (non-hydrogen) atoms. The van der Waals surface area contributed by atoms with Gasteiger partial charge in [0.2, 0.25) is 0 Å². The Hall–Kier alpha value is -1.98. The topological polar surface area (TPSA) is 69.2 Å². The van der Waals surface area contributed by atoms with Crippen LogP contribution in [0.4, 0.5) is 10.1 Å². The molecular weight excluding hydrogens is 283 g/mol. The van der Waals surface area contributed by atoms with Crippen LogP contribution in [-0.4, -0.2) is 4.92 Å². The van der Waals surface area contributed by atoms with Crippen molar-refractivity contribution in [3.8, 4) is 0 Å². The lowest BCUT2D eigenvalue weighted by molar-refractivity contribution is -0.385. The first kappa shape index (κ1) is 14.4. The molecule has 2 N–H and O–H groups in total. The predicted molar refractivity (Wildman–Crippen MR) is 75.1 cm³/mol. The van der Waals surface area contributed by atoms with E-state index in [0.29, 0.717) is 11.1 Å². The zero-order chi connectivity index (χ0) is 14.7. The average molecular weight is 295 g/mol. The van der Waals surface area contributed by atoms with Crippen LogP contribution >= 0.6 is 11.6 Å². The molecule has 0 heterocycles. The molecule has 0 aliphatic rings. The summed E-state index contributed by atoms with van der Waals surface area (Å²) in [5, 5.41) is 10.9. The third-order valence-electron chi connectivity index (χ3n) is 3.01. The fourth-order valence-electron chi connectivity index (χ4n) is 2.02. The summed E-state index contributed by atoms with van der Waals surface area (Å²) in [6, 6.07) is 10.1. The molecule has 0 aromatic heterocycles. The molecule has 0 saturated heterocycles. The van der Waals surface area contributed by atoms with Gasteiger partial charge in [-0.15, -0.1) is 0 Å². The van der Waals surface area contributed by atoms with Crippen LogP contribution in [0, 0.1) is 15.9 Å². The largest absolute Gasteiger partial charge is 0.324 e. The van der Waals surface area contributed by atoms with Gasteiger partial charge in [0.05, 0.1) is 9.95 Å². The Morgan fingerprint density at radius 3 is 2.65 bits per heavy atom. The molecule has 2 rings (SSSR count). The highest BCUT2D eigenvalue weighted by Crippen LogP contribution is 2.28. The van der Waals surface area contributed by atoms with Gasteiger partial charge in [-0.05, 0) is 18.1 Å². The monoisotopic (exact) mass is 294 g/mol. The number of nitrogens with zero attached hydrogens (tertiary/aromatic N) is 1. The van der Waals surface area contributed by atoms with Crippen LogP contribution in [0.15, 0.2) is 42.5 Å². The van der Waals surface area contributed by atoms with Gasteiger partial charge >= 0.3 is 0 Å². The van der Waals surface area contributed by atoms with E-state index in [0.717, 1.165) is 0 Å². The van der Waals surface area contributed by atoms with Gasteiger partial charge < -0.3 is 5.73 Å². The first-order valence-corrected chi connectivity index (χ1v) is 6.30. The van der Waals surface area contributed by atoms with E-state index in [-0.39, 0.29) is 17.1 Å². The number of hydrogen-bond donors (Lipinski definition) is 1. The molecule has 0 amide bonds. The third kappa shape index (κ3) is 2.95. The quantitative estimate of drug-likeness (QED) is 0.691. The maximum Gasteiger partial charge on any atom is 0.272 e. The summed E-state index contributed by atoms with van der Waals surface area (Å²) in [7, 11) is 0. The maximum atomic E-state index is 13.4. The van der Waals surface area contributed by atoms with Crippen LogP contribution < -0.4 is 5.73 Å². The summed E-state index contributed by atoms with van der Waals surface area (Å²) >= 11 is 5.87. The van der Waals surface area contributed by atoms with E-state index in [1.54, 1.807) is 24.3 Å². The van der Waals surface area contributed by atoms with Gasteiger partial charge in [0.25, 0.3) is 5.69 Å². The van der Waals surface area contributed by atoms with Crippen molar-refractivity contribution in [3.63, 3.8) is 0 Å². The molecule has 0 bridgehead atoms. The first-order chi connectivity index (χ1) is 9.50.